The number of ether oxygens (including phenoxy) is 1. The number of hydrogen-bond acceptors (Lipinski definition) is 6. The lowest BCUT2D eigenvalue weighted by Crippen LogP contribution is -2.04. The van der Waals surface area contributed by atoms with Crippen molar-refractivity contribution >= 4 is 22.7 Å². The molecular weight excluding hydrogens is 526 g/mol. The second-order valence-corrected chi connectivity index (χ2v) is 8.82. The molecule has 0 atom stereocenters. The van der Waals surface area contributed by atoms with E-state index in [1.54, 1.807) is 60.4 Å². The van der Waals surface area contributed by atoms with Gasteiger partial charge in [-0.05, 0) is 53.6 Å². The molecule has 40 heavy (non-hydrogen) atoms. The van der Waals surface area contributed by atoms with E-state index >= 15 is 0 Å². The lowest BCUT2D eigenvalue weighted by atomic mass is 10.1. The first-order chi connectivity index (χ1) is 19.2. The van der Waals surface area contributed by atoms with Crippen LogP contribution in [0.15, 0.2) is 85.5 Å². The van der Waals surface area contributed by atoms with Crippen molar-refractivity contribution in [3.63, 3.8) is 0 Å². The van der Waals surface area contributed by atoms with Gasteiger partial charge in [0.05, 0.1) is 22.9 Å². The summed E-state index contributed by atoms with van der Waals surface area (Å²) in [6.07, 6.45) is 0.927. The molecule has 4 aromatic heterocycles. The van der Waals surface area contributed by atoms with Crippen molar-refractivity contribution in [1.29, 1.82) is 0 Å². The molecule has 0 saturated carbocycles. The molecule has 0 fully saturated rings. The molecule has 6 rings (SSSR count). The topological polar surface area (TPSA) is 93.5 Å². The van der Waals surface area contributed by atoms with E-state index in [0.717, 1.165) is 16.6 Å². The molecule has 0 aliphatic carbocycles. The number of H-pyrrole nitrogens is 1. The van der Waals surface area contributed by atoms with Crippen LogP contribution in [0.5, 0.6) is 11.5 Å². The molecule has 0 saturated heterocycles. The molecule has 2 N–H and O–H groups in total. The number of aromatic nitrogens is 6. The Hall–Kier alpha value is -5.26. The Balaban J connectivity index is 1.25. The van der Waals surface area contributed by atoms with Gasteiger partial charge in [-0.15, -0.1) is 0 Å². The number of fused-ring (bicyclic) bond motifs is 1. The van der Waals surface area contributed by atoms with Crippen LogP contribution < -0.4 is 10.1 Å². The summed E-state index contributed by atoms with van der Waals surface area (Å²) >= 11 is 0. The number of benzene rings is 2. The Labute approximate surface area is 224 Å². The summed E-state index contributed by atoms with van der Waals surface area (Å²) in [6.45, 7) is 0. The summed E-state index contributed by atoms with van der Waals surface area (Å²) in [4.78, 5) is 18.7. The number of rotatable bonds is 6. The van der Waals surface area contributed by atoms with Crippen LogP contribution in [0.1, 0.15) is 5.69 Å². The number of aromatic amines is 1. The zero-order chi connectivity index (χ0) is 27.9. The Morgan fingerprint density at radius 2 is 1.68 bits per heavy atom. The van der Waals surface area contributed by atoms with Crippen molar-refractivity contribution in [3.05, 3.63) is 97.0 Å². The van der Waals surface area contributed by atoms with Gasteiger partial charge in [-0.3, -0.25) is 9.97 Å². The van der Waals surface area contributed by atoms with Gasteiger partial charge in [0.25, 0.3) is 0 Å². The molecule has 0 radical (unpaired) electrons. The minimum absolute atomic E-state index is 0.0334. The lowest BCUT2D eigenvalue weighted by Gasteiger charge is -2.10. The molecule has 0 aliphatic heterocycles. The van der Waals surface area contributed by atoms with Gasteiger partial charge in [0.15, 0.2) is 5.82 Å². The van der Waals surface area contributed by atoms with Crippen LogP contribution in [0.2, 0.25) is 0 Å². The smallest absolute Gasteiger partial charge is 0.432 e. The first-order valence-corrected chi connectivity index (χ1v) is 11.9. The summed E-state index contributed by atoms with van der Waals surface area (Å²) in [5, 5.41) is 3.07. The number of nitrogens with zero attached hydrogens (tertiary/aromatic N) is 5. The normalized spacial score (nSPS) is 11.6. The highest BCUT2D eigenvalue weighted by atomic mass is 19.4. The fourth-order valence-corrected chi connectivity index (χ4v) is 4.16. The molecule has 4 heterocycles. The van der Waals surface area contributed by atoms with Gasteiger partial charge >= 0.3 is 6.18 Å². The van der Waals surface area contributed by atoms with Gasteiger partial charge in [0.1, 0.15) is 28.7 Å². The molecule has 2 aromatic carbocycles. The van der Waals surface area contributed by atoms with Crippen LogP contribution in [-0.4, -0.2) is 29.5 Å². The Morgan fingerprint density at radius 3 is 2.45 bits per heavy atom. The van der Waals surface area contributed by atoms with Gasteiger partial charge in [-0.1, -0.05) is 6.07 Å². The molecule has 0 unspecified atom stereocenters. The van der Waals surface area contributed by atoms with E-state index in [0.29, 0.717) is 29.2 Å². The molecule has 0 aliphatic rings. The van der Waals surface area contributed by atoms with Crippen molar-refractivity contribution in [1.82, 2.24) is 29.5 Å². The molecule has 0 spiro atoms. The van der Waals surface area contributed by atoms with Crippen molar-refractivity contribution in [3.8, 4) is 34.1 Å². The second-order valence-electron chi connectivity index (χ2n) is 8.82. The quantitative estimate of drug-likeness (QED) is 0.217. The van der Waals surface area contributed by atoms with E-state index in [4.69, 9.17) is 4.74 Å². The molecule has 6 aromatic rings. The predicted octanol–water partition coefficient (Wildman–Crippen LogP) is 7.11. The van der Waals surface area contributed by atoms with Gasteiger partial charge in [-0.25, -0.2) is 14.4 Å². The highest BCUT2D eigenvalue weighted by molar-refractivity contribution is 5.81. The largest absolute Gasteiger partial charge is 0.457 e. The number of alkyl halides is 3. The average Bonchev–Trinajstić information content (AvgIpc) is 3.56. The van der Waals surface area contributed by atoms with E-state index in [1.165, 1.54) is 18.3 Å². The third-order valence-corrected chi connectivity index (χ3v) is 6.17. The van der Waals surface area contributed by atoms with Crippen molar-refractivity contribution in [2.45, 2.75) is 6.18 Å². The fraction of sp³-hybridized carbons (Fsp3) is 0.0714. The summed E-state index contributed by atoms with van der Waals surface area (Å²) in [5.74, 6) is 0.742. The maximum Gasteiger partial charge on any atom is 0.432 e. The van der Waals surface area contributed by atoms with Gasteiger partial charge < -0.3 is 19.6 Å². The summed E-state index contributed by atoms with van der Waals surface area (Å²) < 4.78 is 61.2. The number of imidazole rings is 2. The minimum atomic E-state index is -4.54. The molecule has 200 valence electrons. The Bertz CT molecular complexity index is 1830. The van der Waals surface area contributed by atoms with Crippen LogP contribution in [0, 0.1) is 5.82 Å². The van der Waals surface area contributed by atoms with E-state index in [-0.39, 0.29) is 17.2 Å². The maximum atomic E-state index is 14.7. The predicted molar refractivity (Wildman–Crippen MR) is 141 cm³/mol. The zero-order valence-electron chi connectivity index (χ0n) is 20.7. The Morgan fingerprint density at radius 1 is 0.875 bits per heavy atom. The second kappa shape index (κ2) is 9.80. The number of aryl methyl sites for hydroxylation is 1. The molecule has 0 amide bonds. The number of nitrogens with one attached hydrogen (secondary N) is 2. The molecular formula is C28H19F4N7O. The van der Waals surface area contributed by atoms with Crippen LogP contribution in [0.4, 0.5) is 29.2 Å². The first-order valence-electron chi connectivity index (χ1n) is 11.9. The minimum Gasteiger partial charge on any atom is -0.457 e. The molecule has 12 heteroatoms. The van der Waals surface area contributed by atoms with Crippen LogP contribution in [0.25, 0.3) is 33.7 Å². The van der Waals surface area contributed by atoms with Gasteiger partial charge in [-0.2, -0.15) is 13.2 Å². The summed E-state index contributed by atoms with van der Waals surface area (Å²) in [6, 6.07) is 16.8. The van der Waals surface area contributed by atoms with E-state index in [2.05, 4.69) is 30.2 Å². The molecule has 0 bridgehead atoms. The average molecular weight is 546 g/mol. The third-order valence-electron chi connectivity index (χ3n) is 6.17. The van der Waals surface area contributed by atoms with E-state index in [1.807, 2.05) is 12.1 Å². The number of pyridine rings is 2. The van der Waals surface area contributed by atoms with Crippen molar-refractivity contribution in [2.24, 2.45) is 7.05 Å². The first kappa shape index (κ1) is 25.0. The van der Waals surface area contributed by atoms with Gasteiger partial charge in [0, 0.05) is 37.8 Å². The Kier molecular flexibility index (Phi) is 6.14. The lowest BCUT2D eigenvalue weighted by molar-refractivity contribution is -0.140. The third kappa shape index (κ3) is 4.94. The fourth-order valence-electron chi connectivity index (χ4n) is 4.16. The van der Waals surface area contributed by atoms with Crippen LogP contribution in [0.3, 0.4) is 0 Å². The SMILES string of the molecule is Cn1c(Nc2cc(-c3ccncc3)ccc2F)nc2cc(Oc3ccnc(-c4ncc(C(F)(F)F)[nH]4)c3)ccc21. The summed E-state index contributed by atoms with van der Waals surface area (Å²) in [7, 11) is 1.80. The highest BCUT2D eigenvalue weighted by Gasteiger charge is 2.33. The van der Waals surface area contributed by atoms with Crippen molar-refractivity contribution in [2.75, 3.05) is 5.32 Å². The van der Waals surface area contributed by atoms with Crippen LogP contribution in [-0.2, 0) is 13.2 Å². The number of hydrogen-bond donors (Lipinski definition) is 2. The monoisotopic (exact) mass is 545 g/mol. The maximum absolute atomic E-state index is 14.7. The highest BCUT2D eigenvalue weighted by Crippen LogP contribution is 2.32. The molecule has 8 nitrogen and oxygen atoms in total. The number of halogens is 4. The van der Waals surface area contributed by atoms with Gasteiger partial charge in [0.2, 0.25) is 5.95 Å². The standard InChI is InChI=1S/C28H19F4N7O/c1-39-24-5-3-18(40-19-8-11-34-23(14-19)26-35-15-25(38-26)28(30,31)32)13-22(24)37-27(39)36-21-12-17(2-4-20(21)29)16-6-9-33-10-7-16/h2-15H,1H3,(H,35,38)(H,36,37). The summed E-state index contributed by atoms with van der Waals surface area (Å²) in [5.41, 5.74) is 2.56. The zero-order valence-corrected chi connectivity index (χ0v) is 20.7. The van der Waals surface area contributed by atoms with Crippen molar-refractivity contribution < 1.29 is 22.3 Å². The number of anilines is 2. The van der Waals surface area contributed by atoms with E-state index in [9.17, 15) is 17.6 Å². The van der Waals surface area contributed by atoms with E-state index < -0.39 is 17.7 Å². The van der Waals surface area contributed by atoms with Crippen LogP contribution >= 0.6 is 0 Å².